The number of nitrogens with zero attached hydrogens (tertiary/aromatic N) is 3. The van der Waals surface area contributed by atoms with Crippen molar-refractivity contribution in [2.75, 3.05) is 5.32 Å². The summed E-state index contributed by atoms with van der Waals surface area (Å²) < 4.78 is 0. The summed E-state index contributed by atoms with van der Waals surface area (Å²) >= 11 is 0. The van der Waals surface area contributed by atoms with Gasteiger partial charge in [0.05, 0.1) is 0 Å². The van der Waals surface area contributed by atoms with Crippen LogP contribution in [-0.4, -0.2) is 14.9 Å². The second kappa shape index (κ2) is 5.22. The molecule has 0 atom stereocenters. The van der Waals surface area contributed by atoms with Gasteiger partial charge in [0.1, 0.15) is 11.9 Å². The van der Waals surface area contributed by atoms with Gasteiger partial charge in [-0.05, 0) is 40.6 Å². The molecule has 2 rings (SSSR count). The van der Waals surface area contributed by atoms with Gasteiger partial charge >= 0.3 is 5.82 Å². The number of hydrogen-bond donors (Lipinski definition) is 1. The van der Waals surface area contributed by atoms with Crippen LogP contribution in [0.4, 0.5) is 11.5 Å². The maximum absolute atomic E-state index is 10.8. The topological polar surface area (TPSA) is 81.0 Å². The molecule has 0 unspecified atom stereocenters. The molecule has 0 radical (unpaired) electrons. The molecule has 0 fully saturated rings. The maximum Gasteiger partial charge on any atom is 0.386 e. The molecular formula is C12H12N4O2. The molecule has 0 aromatic carbocycles. The zero-order chi connectivity index (χ0) is 13.0. The van der Waals surface area contributed by atoms with Crippen molar-refractivity contribution in [3.8, 4) is 0 Å². The fourth-order valence-electron chi connectivity index (χ4n) is 1.48. The summed E-state index contributed by atoms with van der Waals surface area (Å²) in [5.41, 5.74) is 2.30. The van der Waals surface area contributed by atoms with E-state index in [1.165, 1.54) is 6.20 Å². The molecule has 0 aliphatic heterocycles. The van der Waals surface area contributed by atoms with Crippen molar-refractivity contribution in [3.05, 3.63) is 58.0 Å². The largest absolute Gasteiger partial charge is 0.386 e. The molecule has 18 heavy (non-hydrogen) atoms. The van der Waals surface area contributed by atoms with Crippen LogP contribution in [0.25, 0.3) is 0 Å². The number of nitro groups is 1. The fourth-order valence-corrected chi connectivity index (χ4v) is 1.48. The van der Waals surface area contributed by atoms with E-state index < -0.39 is 4.92 Å². The Morgan fingerprint density at radius 3 is 2.83 bits per heavy atom. The molecule has 1 N–H and O–H groups in total. The number of aromatic nitrogens is 2. The minimum atomic E-state index is -0.504. The van der Waals surface area contributed by atoms with Crippen LogP contribution in [0.3, 0.4) is 0 Å². The van der Waals surface area contributed by atoms with Crippen molar-refractivity contribution in [2.24, 2.45) is 0 Å². The lowest BCUT2D eigenvalue weighted by Gasteiger charge is -2.06. The highest BCUT2D eigenvalue weighted by Crippen LogP contribution is 2.20. The molecule has 0 amide bonds. The second-order valence-corrected chi connectivity index (χ2v) is 3.79. The predicted octanol–water partition coefficient (Wildman–Crippen LogP) is 2.31. The SMILES string of the molecule is Cc1ccc(CNc2cccnc2[N+](=O)[O-])cn1. The van der Waals surface area contributed by atoms with Crippen LogP contribution in [0.15, 0.2) is 36.7 Å². The Morgan fingerprint density at radius 2 is 2.17 bits per heavy atom. The highest BCUT2D eigenvalue weighted by molar-refractivity contribution is 5.56. The zero-order valence-corrected chi connectivity index (χ0v) is 9.83. The van der Waals surface area contributed by atoms with E-state index in [-0.39, 0.29) is 5.82 Å². The normalized spacial score (nSPS) is 10.1. The number of aryl methyl sites for hydroxylation is 1. The predicted molar refractivity (Wildman–Crippen MR) is 67.2 cm³/mol. The first kappa shape index (κ1) is 12.0. The molecular weight excluding hydrogens is 232 g/mol. The van der Waals surface area contributed by atoms with E-state index in [2.05, 4.69) is 15.3 Å². The van der Waals surface area contributed by atoms with Crippen molar-refractivity contribution < 1.29 is 4.92 Å². The molecule has 0 saturated heterocycles. The van der Waals surface area contributed by atoms with Gasteiger partial charge in [-0.2, -0.15) is 0 Å². The Labute approximate surface area is 104 Å². The highest BCUT2D eigenvalue weighted by Gasteiger charge is 2.13. The van der Waals surface area contributed by atoms with Crippen LogP contribution in [0.2, 0.25) is 0 Å². The summed E-state index contributed by atoms with van der Waals surface area (Å²) in [5.74, 6) is -0.169. The van der Waals surface area contributed by atoms with Gasteiger partial charge < -0.3 is 15.4 Å². The maximum atomic E-state index is 10.8. The van der Waals surface area contributed by atoms with Crippen LogP contribution in [0, 0.1) is 17.0 Å². The van der Waals surface area contributed by atoms with Crippen LogP contribution >= 0.6 is 0 Å². The van der Waals surface area contributed by atoms with Gasteiger partial charge in [0.25, 0.3) is 0 Å². The summed E-state index contributed by atoms with van der Waals surface area (Å²) in [6.07, 6.45) is 3.14. The molecule has 0 spiro atoms. The van der Waals surface area contributed by atoms with E-state index in [1.54, 1.807) is 18.3 Å². The van der Waals surface area contributed by atoms with Crippen molar-refractivity contribution in [1.82, 2.24) is 9.97 Å². The quantitative estimate of drug-likeness (QED) is 0.659. The molecule has 2 aromatic heterocycles. The average molecular weight is 244 g/mol. The molecule has 6 heteroatoms. The van der Waals surface area contributed by atoms with Gasteiger partial charge in [-0.1, -0.05) is 6.07 Å². The van der Waals surface area contributed by atoms with Gasteiger partial charge in [0, 0.05) is 18.4 Å². The Hall–Kier alpha value is -2.50. The number of hydrogen-bond acceptors (Lipinski definition) is 5. The monoisotopic (exact) mass is 244 g/mol. The summed E-state index contributed by atoms with van der Waals surface area (Å²) in [6, 6.07) is 7.11. The number of nitrogens with one attached hydrogen (secondary N) is 1. The Kier molecular flexibility index (Phi) is 3.47. The number of anilines is 1. The van der Waals surface area contributed by atoms with E-state index in [9.17, 15) is 10.1 Å². The van der Waals surface area contributed by atoms with Crippen LogP contribution in [0.5, 0.6) is 0 Å². The van der Waals surface area contributed by atoms with E-state index in [0.717, 1.165) is 11.3 Å². The standard InChI is InChI=1S/C12H12N4O2/c1-9-4-5-10(7-14-9)8-15-11-3-2-6-13-12(11)16(17)18/h2-7,15H,8H2,1H3. The van der Waals surface area contributed by atoms with Crippen molar-refractivity contribution in [2.45, 2.75) is 13.5 Å². The molecule has 2 heterocycles. The summed E-state index contributed by atoms with van der Waals surface area (Å²) in [7, 11) is 0. The van der Waals surface area contributed by atoms with Gasteiger partial charge in [0.15, 0.2) is 0 Å². The Balaban J connectivity index is 2.10. The lowest BCUT2D eigenvalue weighted by atomic mass is 10.2. The molecule has 0 aliphatic carbocycles. The first-order chi connectivity index (χ1) is 8.66. The van der Waals surface area contributed by atoms with Crippen LogP contribution < -0.4 is 5.32 Å². The van der Waals surface area contributed by atoms with Gasteiger partial charge in [-0.15, -0.1) is 0 Å². The first-order valence-electron chi connectivity index (χ1n) is 5.41. The first-order valence-corrected chi connectivity index (χ1v) is 5.41. The third kappa shape index (κ3) is 2.79. The third-order valence-electron chi connectivity index (χ3n) is 2.42. The summed E-state index contributed by atoms with van der Waals surface area (Å²) in [5, 5.41) is 13.8. The Morgan fingerprint density at radius 1 is 1.33 bits per heavy atom. The van der Waals surface area contributed by atoms with Crippen LogP contribution in [0.1, 0.15) is 11.3 Å². The average Bonchev–Trinajstić information content (AvgIpc) is 2.38. The van der Waals surface area contributed by atoms with E-state index in [1.807, 2.05) is 19.1 Å². The zero-order valence-electron chi connectivity index (χ0n) is 9.83. The van der Waals surface area contributed by atoms with Crippen molar-refractivity contribution >= 4 is 11.5 Å². The smallest absolute Gasteiger partial charge is 0.374 e. The lowest BCUT2D eigenvalue weighted by Crippen LogP contribution is -2.04. The number of rotatable bonds is 4. The van der Waals surface area contributed by atoms with E-state index in [4.69, 9.17) is 0 Å². The molecule has 0 saturated carbocycles. The van der Waals surface area contributed by atoms with E-state index >= 15 is 0 Å². The van der Waals surface area contributed by atoms with Gasteiger partial charge in [0.2, 0.25) is 0 Å². The molecule has 6 nitrogen and oxygen atoms in total. The second-order valence-electron chi connectivity index (χ2n) is 3.79. The molecule has 92 valence electrons. The minimum absolute atomic E-state index is 0.169. The fraction of sp³-hybridized carbons (Fsp3) is 0.167. The van der Waals surface area contributed by atoms with Crippen molar-refractivity contribution in [3.63, 3.8) is 0 Å². The molecule has 0 bridgehead atoms. The highest BCUT2D eigenvalue weighted by atomic mass is 16.6. The minimum Gasteiger partial charge on any atom is -0.374 e. The third-order valence-corrected chi connectivity index (χ3v) is 2.42. The number of pyridine rings is 2. The molecule has 2 aromatic rings. The van der Waals surface area contributed by atoms with Crippen LogP contribution in [-0.2, 0) is 6.54 Å². The summed E-state index contributed by atoms with van der Waals surface area (Å²) in [4.78, 5) is 18.2. The van der Waals surface area contributed by atoms with Gasteiger partial charge in [-0.3, -0.25) is 4.98 Å². The van der Waals surface area contributed by atoms with Crippen molar-refractivity contribution in [1.29, 1.82) is 0 Å². The van der Waals surface area contributed by atoms with E-state index in [0.29, 0.717) is 12.2 Å². The van der Waals surface area contributed by atoms with Gasteiger partial charge in [-0.25, -0.2) is 0 Å². The lowest BCUT2D eigenvalue weighted by molar-refractivity contribution is -0.388. The summed E-state index contributed by atoms with van der Waals surface area (Å²) in [6.45, 7) is 2.38. The molecule has 0 aliphatic rings. The Bertz CT molecular complexity index is 554.